The number of amides is 1. The molecule has 1 rings (SSSR count). The topological polar surface area (TPSA) is 46.6 Å². The molecule has 4 nitrogen and oxygen atoms in total. The number of carbonyl (C=O) groups is 2. The van der Waals surface area contributed by atoms with Crippen LogP contribution in [-0.4, -0.2) is 36.3 Å². The molecule has 0 aliphatic heterocycles. The Kier molecular flexibility index (Phi) is 5.84. The van der Waals surface area contributed by atoms with Crippen LogP contribution in [0.2, 0.25) is 10.0 Å². The van der Waals surface area contributed by atoms with E-state index in [9.17, 15) is 9.59 Å². The highest BCUT2D eigenvalue weighted by Crippen LogP contribution is 2.35. The van der Waals surface area contributed by atoms with Crippen molar-refractivity contribution in [1.29, 1.82) is 0 Å². The van der Waals surface area contributed by atoms with Crippen LogP contribution in [0, 0.1) is 0 Å². The lowest BCUT2D eigenvalue weighted by molar-refractivity contribution is -0.133. The number of ketones is 1. The van der Waals surface area contributed by atoms with E-state index >= 15 is 0 Å². The molecule has 0 bridgehead atoms. The molecule has 0 spiro atoms. The van der Waals surface area contributed by atoms with Crippen LogP contribution >= 0.6 is 23.2 Å². The van der Waals surface area contributed by atoms with Crippen molar-refractivity contribution in [1.82, 2.24) is 4.90 Å². The van der Waals surface area contributed by atoms with E-state index < -0.39 is 0 Å². The SMILES string of the molecule is CC(=O)c1ccc(Cl)c(Cl)c1OCC(=O)N(C)C(C)C. The van der Waals surface area contributed by atoms with E-state index in [4.69, 9.17) is 27.9 Å². The first-order valence-electron chi connectivity index (χ1n) is 6.13. The number of rotatable bonds is 5. The van der Waals surface area contributed by atoms with Gasteiger partial charge in [0.15, 0.2) is 18.1 Å². The third kappa shape index (κ3) is 3.87. The molecule has 6 heteroatoms. The predicted octanol–water partition coefficient (Wildman–Crippen LogP) is 3.44. The molecule has 0 aliphatic carbocycles. The molecule has 0 saturated carbocycles. The Hall–Kier alpha value is -1.26. The minimum Gasteiger partial charge on any atom is -0.481 e. The second-order valence-electron chi connectivity index (χ2n) is 4.68. The van der Waals surface area contributed by atoms with Gasteiger partial charge in [0, 0.05) is 13.1 Å². The number of benzene rings is 1. The molecule has 0 aromatic heterocycles. The van der Waals surface area contributed by atoms with Gasteiger partial charge < -0.3 is 9.64 Å². The summed E-state index contributed by atoms with van der Waals surface area (Å²) in [7, 11) is 1.68. The van der Waals surface area contributed by atoms with E-state index in [0.717, 1.165) is 0 Å². The van der Waals surface area contributed by atoms with Crippen molar-refractivity contribution in [2.45, 2.75) is 26.8 Å². The lowest BCUT2D eigenvalue weighted by Crippen LogP contribution is -2.36. The summed E-state index contributed by atoms with van der Waals surface area (Å²) in [5, 5.41) is 0.413. The molecule has 20 heavy (non-hydrogen) atoms. The quantitative estimate of drug-likeness (QED) is 0.781. The Morgan fingerprint density at radius 2 is 1.90 bits per heavy atom. The first-order valence-corrected chi connectivity index (χ1v) is 6.88. The average Bonchev–Trinajstić information content (AvgIpc) is 2.38. The van der Waals surface area contributed by atoms with Gasteiger partial charge in [-0.3, -0.25) is 9.59 Å². The summed E-state index contributed by atoms with van der Waals surface area (Å²) in [6.45, 7) is 4.99. The largest absolute Gasteiger partial charge is 0.481 e. The van der Waals surface area contributed by atoms with E-state index in [1.165, 1.54) is 19.1 Å². The first-order chi connectivity index (χ1) is 9.25. The molecule has 0 atom stereocenters. The maximum atomic E-state index is 11.9. The summed E-state index contributed by atoms with van der Waals surface area (Å²) in [6.07, 6.45) is 0. The van der Waals surface area contributed by atoms with Gasteiger partial charge in [0.05, 0.1) is 10.6 Å². The highest BCUT2D eigenvalue weighted by Gasteiger charge is 2.18. The molecule has 0 saturated heterocycles. The number of Topliss-reactive ketones (excluding diaryl/α,β-unsaturated/α-hetero) is 1. The van der Waals surface area contributed by atoms with Crippen molar-refractivity contribution < 1.29 is 14.3 Å². The molecule has 110 valence electrons. The van der Waals surface area contributed by atoms with E-state index in [1.54, 1.807) is 11.9 Å². The smallest absolute Gasteiger partial charge is 0.260 e. The highest BCUT2D eigenvalue weighted by molar-refractivity contribution is 6.43. The Labute approximate surface area is 128 Å². The van der Waals surface area contributed by atoms with Crippen LogP contribution in [0.5, 0.6) is 5.75 Å². The fourth-order valence-corrected chi connectivity index (χ4v) is 1.84. The summed E-state index contributed by atoms with van der Waals surface area (Å²) in [4.78, 5) is 25.0. The number of halogens is 2. The Bertz CT molecular complexity index is 529. The number of ether oxygens (including phenoxy) is 1. The number of hydrogen-bond acceptors (Lipinski definition) is 3. The van der Waals surface area contributed by atoms with E-state index in [-0.39, 0.29) is 40.1 Å². The monoisotopic (exact) mass is 317 g/mol. The summed E-state index contributed by atoms with van der Waals surface area (Å²) in [5.41, 5.74) is 0.305. The molecule has 1 aromatic rings. The van der Waals surface area contributed by atoms with Crippen LogP contribution in [0.15, 0.2) is 12.1 Å². The van der Waals surface area contributed by atoms with Crippen molar-refractivity contribution in [2.75, 3.05) is 13.7 Å². The van der Waals surface area contributed by atoms with Crippen LogP contribution < -0.4 is 4.74 Å². The van der Waals surface area contributed by atoms with E-state index in [1.807, 2.05) is 13.8 Å². The third-order valence-corrected chi connectivity index (χ3v) is 3.72. The summed E-state index contributed by atoms with van der Waals surface area (Å²) in [6, 6.07) is 3.12. The maximum Gasteiger partial charge on any atom is 0.260 e. The van der Waals surface area contributed by atoms with Gasteiger partial charge in [-0.1, -0.05) is 23.2 Å². The molecule has 0 aliphatic rings. The first kappa shape index (κ1) is 16.8. The maximum absolute atomic E-state index is 11.9. The van der Waals surface area contributed by atoms with Gasteiger partial charge >= 0.3 is 0 Å². The molecule has 0 radical (unpaired) electrons. The van der Waals surface area contributed by atoms with E-state index in [0.29, 0.717) is 5.56 Å². The minimum absolute atomic E-state index is 0.0632. The summed E-state index contributed by atoms with van der Waals surface area (Å²) in [5.74, 6) is -0.258. The molecule has 0 unspecified atom stereocenters. The third-order valence-electron chi connectivity index (χ3n) is 2.94. The highest BCUT2D eigenvalue weighted by atomic mass is 35.5. The lowest BCUT2D eigenvalue weighted by Gasteiger charge is -2.22. The van der Waals surface area contributed by atoms with Gasteiger partial charge in [-0.2, -0.15) is 0 Å². The van der Waals surface area contributed by atoms with Crippen LogP contribution in [-0.2, 0) is 4.79 Å². The number of likely N-dealkylation sites (N-methyl/N-ethyl adjacent to an activating group) is 1. The van der Waals surface area contributed by atoms with Crippen molar-refractivity contribution in [3.63, 3.8) is 0 Å². The Balaban J connectivity index is 2.95. The van der Waals surface area contributed by atoms with Crippen molar-refractivity contribution in [2.24, 2.45) is 0 Å². The molecule has 1 amide bonds. The molecule has 1 aromatic carbocycles. The van der Waals surface area contributed by atoms with Gasteiger partial charge in [-0.25, -0.2) is 0 Å². The fourth-order valence-electron chi connectivity index (χ4n) is 1.47. The van der Waals surface area contributed by atoms with Crippen LogP contribution in [0.1, 0.15) is 31.1 Å². The fraction of sp³-hybridized carbons (Fsp3) is 0.429. The zero-order valence-electron chi connectivity index (χ0n) is 11.9. The molecule has 0 N–H and O–H groups in total. The van der Waals surface area contributed by atoms with E-state index in [2.05, 4.69) is 0 Å². The van der Waals surface area contributed by atoms with Gasteiger partial charge in [0.1, 0.15) is 5.02 Å². The van der Waals surface area contributed by atoms with Crippen molar-refractivity contribution >= 4 is 34.9 Å². The normalized spacial score (nSPS) is 10.6. The molecular weight excluding hydrogens is 301 g/mol. The second-order valence-corrected chi connectivity index (χ2v) is 5.47. The number of carbonyl (C=O) groups excluding carboxylic acids is 2. The van der Waals surface area contributed by atoms with Gasteiger partial charge in [0.25, 0.3) is 5.91 Å². The Morgan fingerprint density at radius 1 is 1.30 bits per heavy atom. The number of hydrogen-bond donors (Lipinski definition) is 0. The van der Waals surface area contributed by atoms with Crippen molar-refractivity contribution in [3.8, 4) is 5.75 Å². The number of nitrogens with zero attached hydrogens (tertiary/aromatic N) is 1. The van der Waals surface area contributed by atoms with Gasteiger partial charge in [-0.15, -0.1) is 0 Å². The summed E-state index contributed by atoms with van der Waals surface area (Å²) < 4.78 is 5.41. The average molecular weight is 318 g/mol. The minimum atomic E-state index is -0.205. The zero-order valence-corrected chi connectivity index (χ0v) is 13.4. The summed E-state index contributed by atoms with van der Waals surface area (Å²) >= 11 is 11.9. The molecule has 0 heterocycles. The van der Waals surface area contributed by atoms with Gasteiger partial charge in [-0.05, 0) is 32.9 Å². The predicted molar refractivity (Wildman–Crippen MR) is 79.9 cm³/mol. The van der Waals surface area contributed by atoms with Crippen LogP contribution in [0.3, 0.4) is 0 Å². The second kappa shape index (κ2) is 6.95. The molecule has 0 fully saturated rings. The molecular formula is C14H17Cl2NO3. The van der Waals surface area contributed by atoms with Crippen LogP contribution in [0.4, 0.5) is 0 Å². The lowest BCUT2D eigenvalue weighted by atomic mass is 10.1. The van der Waals surface area contributed by atoms with Crippen molar-refractivity contribution in [3.05, 3.63) is 27.7 Å². The standard InChI is InChI=1S/C14H17Cl2NO3/c1-8(2)17(4)12(19)7-20-14-10(9(3)18)5-6-11(15)13(14)16/h5-6,8H,7H2,1-4H3. The van der Waals surface area contributed by atoms with Gasteiger partial charge in [0.2, 0.25) is 0 Å². The Morgan fingerprint density at radius 3 is 2.40 bits per heavy atom. The van der Waals surface area contributed by atoms with Crippen LogP contribution in [0.25, 0.3) is 0 Å². The zero-order chi connectivity index (χ0) is 15.4.